The zero-order valence-electron chi connectivity index (χ0n) is 10.9. The Morgan fingerprint density at radius 1 is 1.24 bits per heavy atom. The minimum atomic E-state index is -0.0647. The van der Waals surface area contributed by atoms with E-state index in [0.29, 0.717) is 19.8 Å². The van der Waals surface area contributed by atoms with Crippen LogP contribution in [-0.4, -0.2) is 19.8 Å². The molecule has 1 aliphatic rings. The summed E-state index contributed by atoms with van der Waals surface area (Å²) in [5.74, 6) is 0. The van der Waals surface area contributed by atoms with Gasteiger partial charge in [-0.1, -0.05) is 17.7 Å². The van der Waals surface area contributed by atoms with Crippen LogP contribution < -0.4 is 11.5 Å². The van der Waals surface area contributed by atoms with E-state index in [1.807, 2.05) is 0 Å². The Kier molecular flexibility index (Phi) is 3.25. The molecule has 0 radical (unpaired) electrons. The summed E-state index contributed by atoms with van der Waals surface area (Å²) < 4.78 is 5.32. The highest BCUT2D eigenvalue weighted by Crippen LogP contribution is 2.40. The lowest BCUT2D eigenvalue weighted by Gasteiger charge is -2.45. The van der Waals surface area contributed by atoms with Crippen LogP contribution in [0.4, 0.5) is 0 Å². The van der Waals surface area contributed by atoms with Crippen LogP contribution in [0.5, 0.6) is 0 Å². The molecular weight excluding hydrogens is 212 g/mol. The predicted octanol–water partition coefficient (Wildman–Crippen LogP) is 1.59. The second kappa shape index (κ2) is 4.41. The minimum absolute atomic E-state index is 0.0261. The third kappa shape index (κ3) is 1.99. The zero-order valence-corrected chi connectivity index (χ0v) is 10.9. The third-order valence-electron chi connectivity index (χ3n) is 3.89. The molecule has 0 spiro atoms. The van der Waals surface area contributed by atoms with E-state index in [4.69, 9.17) is 16.2 Å². The van der Waals surface area contributed by atoms with E-state index >= 15 is 0 Å². The van der Waals surface area contributed by atoms with Gasteiger partial charge < -0.3 is 16.2 Å². The molecule has 1 atom stereocenters. The van der Waals surface area contributed by atoms with Crippen molar-refractivity contribution in [3.63, 3.8) is 0 Å². The van der Waals surface area contributed by atoms with Gasteiger partial charge in [0.15, 0.2) is 0 Å². The molecule has 0 bridgehead atoms. The molecule has 2 rings (SSSR count). The Hall–Kier alpha value is -0.900. The maximum Gasteiger partial charge on any atom is 0.0575 e. The molecule has 0 aliphatic carbocycles. The van der Waals surface area contributed by atoms with Crippen molar-refractivity contribution >= 4 is 0 Å². The summed E-state index contributed by atoms with van der Waals surface area (Å²) in [5.41, 5.74) is 17.3. The average Bonchev–Trinajstić information content (AvgIpc) is 2.14. The maximum absolute atomic E-state index is 6.44. The number of hydrogen-bond acceptors (Lipinski definition) is 3. The van der Waals surface area contributed by atoms with E-state index in [1.54, 1.807) is 0 Å². The van der Waals surface area contributed by atoms with Gasteiger partial charge >= 0.3 is 0 Å². The van der Waals surface area contributed by atoms with E-state index in [2.05, 4.69) is 32.9 Å². The molecule has 1 unspecified atom stereocenters. The molecule has 1 saturated heterocycles. The van der Waals surface area contributed by atoms with Crippen molar-refractivity contribution in [1.82, 2.24) is 0 Å². The Morgan fingerprint density at radius 2 is 1.76 bits per heavy atom. The summed E-state index contributed by atoms with van der Waals surface area (Å²) in [5, 5.41) is 0. The fraction of sp³-hybridized carbons (Fsp3) is 0.571. The molecular formula is C14H22N2O. The summed E-state index contributed by atoms with van der Waals surface area (Å²) in [7, 11) is 0. The molecule has 1 aromatic rings. The molecule has 3 nitrogen and oxygen atoms in total. The van der Waals surface area contributed by atoms with E-state index in [0.717, 1.165) is 0 Å². The molecule has 1 aromatic carbocycles. The number of nitrogens with two attached hydrogens (primary N) is 2. The van der Waals surface area contributed by atoms with Crippen molar-refractivity contribution in [1.29, 1.82) is 0 Å². The first kappa shape index (κ1) is 12.6. The average molecular weight is 234 g/mol. The lowest BCUT2D eigenvalue weighted by atomic mass is 9.73. The van der Waals surface area contributed by atoms with Crippen molar-refractivity contribution in [2.75, 3.05) is 19.8 Å². The van der Waals surface area contributed by atoms with E-state index in [1.165, 1.54) is 22.3 Å². The van der Waals surface area contributed by atoms with E-state index in [-0.39, 0.29) is 11.5 Å². The Labute approximate surface area is 103 Å². The number of benzene rings is 1. The van der Waals surface area contributed by atoms with Crippen molar-refractivity contribution in [3.8, 4) is 0 Å². The summed E-state index contributed by atoms with van der Waals surface area (Å²) in [6.07, 6.45) is 0. The van der Waals surface area contributed by atoms with Crippen LogP contribution in [0.1, 0.15) is 28.3 Å². The smallest absolute Gasteiger partial charge is 0.0575 e. The molecule has 0 aromatic heterocycles. The standard InChI is InChI=1S/C14H22N2O/c1-9-4-10(2)12(11(3)5-9)13(16)14(6-15)7-17-8-14/h4-5,13H,6-8,15-16H2,1-3H3. The lowest BCUT2D eigenvalue weighted by Crippen LogP contribution is -2.55. The first-order valence-electron chi connectivity index (χ1n) is 6.11. The molecule has 1 fully saturated rings. The molecule has 3 heteroatoms. The Bertz CT molecular complexity index is 396. The van der Waals surface area contributed by atoms with Gasteiger partial charge in [0.2, 0.25) is 0 Å². The topological polar surface area (TPSA) is 61.3 Å². The van der Waals surface area contributed by atoms with Crippen molar-refractivity contribution < 1.29 is 4.74 Å². The predicted molar refractivity (Wildman–Crippen MR) is 69.9 cm³/mol. The van der Waals surface area contributed by atoms with Crippen LogP contribution in [0.3, 0.4) is 0 Å². The second-order valence-electron chi connectivity index (χ2n) is 5.35. The third-order valence-corrected chi connectivity index (χ3v) is 3.89. The van der Waals surface area contributed by atoms with E-state index < -0.39 is 0 Å². The number of aryl methyl sites for hydroxylation is 3. The summed E-state index contributed by atoms with van der Waals surface area (Å²) in [4.78, 5) is 0. The number of hydrogen-bond donors (Lipinski definition) is 2. The second-order valence-corrected chi connectivity index (χ2v) is 5.35. The van der Waals surface area contributed by atoms with Gasteiger partial charge in [-0.3, -0.25) is 0 Å². The first-order valence-corrected chi connectivity index (χ1v) is 6.11. The molecule has 0 amide bonds. The van der Waals surface area contributed by atoms with Gasteiger partial charge in [-0.05, 0) is 37.5 Å². The highest BCUT2D eigenvalue weighted by Gasteiger charge is 2.44. The fourth-order valence-corrected chi connectivity index (χ4v) is 2.78. The van der Waals surface area contributed by atoms with Gasteiger partial charge in [0.1, 0.15) is 0 Å². The van der Waals surface area contributed by atoms with Crippen molar-refractivity contribution in [3.05, 3.63) is 34.4 Å². The van der Waals surface area contributed by atoms with Gasteiger partial charge in [0.25, 0.3) is 0 Å². The van der Waals surface area contributed by atoms with Crippen LogP contribution in [-0.2, 0) is 4.74 Å². The molecule has 4 N–H and O–H groups in total. The van der Waals surface area contributed by atoms with Gasteiger partial charge in [0, 0.05) is 18.0 Å². The number of ether oxygens (including phenoxy) is 1. The largest absolute Gasteiger partial charge is 0.380 e. The SMILES string of the molecule is Cc1cc(C)c(C(N)C2(CN)COC2)c(C)c1. The normalized spacial score (nSPS) is 19.8. The quantitative estimate of drug-likeness (QED) is 0.835. The van der Waals surface area contributed by atoms with Crippen molar-refractivity contribution in [2.24, 2.45) is 16.9 Å². The highest BCUT2D eigenvalue weighted by atomic mass is 16.5. The lowest BCUT2D eigenvalue weighted by molar-refractivity contribution is -0.121. The number of rotatable bonds is 3. The highest BCUT2D eigenvalue weighted by molar-refractivity contribution is 5.40. The molecule has 17 heavy (non-hydrogen) atoms. The summed E-state index contributed by atoms with van der Waals surface area (Å²) in [6.45, 7) is 8.30. The molecule has 0 saturated carbocycles. The molecule has 1 aliphatic heterocycles. The van der Waals surface area contributed by atoms with Gasteiger partial charge in [-0.2, -0.15) is 0 Å². The van der Waals surface area contributed by atoms with Gasteiger partial charge in [-0.25, -0.2) is 0 Å². The molecule has 1 heterocycles. The van der Waals surface area contributed by atoms with Crippen molar-refractivity contribution in [2.45, 2.75) is 26.8 Å². The van der Waals surface area contributed by atoms with Crippen LogP contribution in [0.15, 0.2) is 12.1 Å². The fourth-order valence-electron chi connectivity index (χ4n) is 2.78. The summed E-state index contributed by atoms with van der Waals surface area (Å²) >= 11 is 0. The van der Waals surface area contributed by atoms with Gasteiger partial charge in [-0.15, -0.1) is 0 Å². The first-order chi connectivity index (χ1) is 8.00. The Morgan fingerprint density at radius 3 is 2.12 bits per heavy atom. The van der Waals surface area contributed by atoms with Crippen LogP contribution >= 0.6 is 0 Å². The van der Waals surface area contributed by atoms with Crippen LogP contribution in [0, 0.1) is 26.2 Å². The van der Waals surface area contributed by atoms with Crippen LogP contribution in [0.25, 0.3) is 0 Å². The minimum Gasteiger partial charge on any atom is -0.380 e. The maximum atomic E-state index is 6.44. The Balaban J connectivity index is 2.40. The summed E-state index contributed by atoms with van der Waals surface area (Å²) in [6, 6.07) is 4.35. The molecule has 94 valence electrons. The van der Waals surface area contributed by atoms with Crippen LogP contribution in [0.2, 0.25) is 0 Å². The monoisotopic (exact) mass is 234 g/mol. The zero-order chi connectivity index (χ0) is 12.6. The van der Waals surface area contributed by atoms with E-state index in [9.17, 15) is 0 Å². The van der Waals surface area contributed by atoms with Gasteiger partial charge in [0.05, 0.1) is 13.2 Å².